The van der Waals surface area contributed by atoms with Crippen LogP contribution >= 0.6 is 0 Å². The van der Waals surface area contributed by atoms with Crippen LogP contribution in [0.3, 0.4) is 0 Å². The predicted octanol–water partition coefficient (Wildman–Crippen LogP) is 5.66. The molecule has 0 radical (unpaired) electrons. The van der Waals surface area contributed by atoms with Crippen molar-refractivity contribution in [2.45, 2.75) is 85.5 Å². The van der Waals surface area contributed by atoms with E-state index in [1.807, 2.05) is 6.08 Å². The Morgan fingerprint density at radius 2 is 1.86 bits per heavy atom. The molecule has 0 aromatic heterocycles. The van der Waals surface area contributed by atoms with Gasteiger partial charge in [-0.15, -0.1) is 0 Å². The van der Waals surface area contributed by atoms with Gasteiger partial charge in [-0.1, -0.05) is 46.3 Å². The molecular weight excluding hydrogens is 288 g/mol. The maximum atomic E-state index is 11.2. The second-order valence-electron chi connectivity index (χ2n) is 8.93. The van der Waals surface area contributed by atoms with E-state index in [-0.39, 0.29) is 16.2 Å². The Labute approximate surface area is 138 Å². The fourth-order valence-electron chi connectivity index (χ4n) is 3.03. The highest BCUT2D eigenvalue weighted by molar-refractivity contribution is 6.74. The molecule has 0 aromatic carbocycles. The van der Waals surface area contributed by atoms with Crippen molar-refractivity contribution in [3.8, 4) is 0 Å². The number of carbonyl (C=O) groups excluding carboxylic acids is 1. The summed E-state index contributed by atoms with van der Waals surface area (Å²) in [5.41, 5.74) is 2.72. The van der Waals surface area contributed by atoms with Crippen LogP contribution in [0.25, 0.3) is 0 Å². The van der Waals surface area contributed by atoms with Crippen molar-refractivity contribution in [1.82, 2.24) is 0 Å². The maximum absolute atomic E-state index is 11.2. The fraction of sp³-hybridized carbons (Fsp3) is 0.737. The monoisotopic (exact) mass is 322 g/mol. The van der Waals surface area contributed by atoms with Gasteiger partial charge in [-0.2, -0.15) is 0 Å². The molecule has 2 nitrogen and oxygen atoms in total. The number of hydrogen-bond donors (Lipinski definition) is 0. The first-order valence-electron chi connectivity index (χ1n) is 8.33. The Bertz CT molecular complexity index is 490. The molecule has 0 fully saturated rings. The molecule has 1 aliphatic rings. The van der Waals surface area contributed by atoms with Gasteiger partial charge in [0.05, 0.1) is 0 Å². The average Bonchev–Trinajstić information content (AvgIpc) is 2.23. The molecule has 0 amide bonds. The Hall–Kier alpha value is -0.673. The van der Waals surface area contributed by atoms with Gasteiger partial charge in [0.25, 0.3) is 0 Å². The number of carbonyl (C=O) groups is 1. The van der Waals surface area contributed by atoms with Gasteiger partial charge in [0.1, 0.15) is 0 Å². The highest BCUT2D eigenvalue weighted by Gasteiger charge is 2.42. The summed E-state index contributed by atoms with van der Waals surface area (Å²) in [6.07, 6.45) is 6.00. The van der Waals surface area contributed by atoms with Gasteiger partial charge in [-0.3, -0.25) is 4.79 Å². The molecule has 0 N–H and O–H groups in total. The minimum Gasteiger partial charge on any atom is -0.414 e. The van der Waals surface area contributed by atoms with E-state index in [4.69, 9.17) is 4.43 Å². The SMILES string of the molecule is CC(=O)/C=C/C1=C(C)C[C@@H](O[Si](C)(C)C(C)(C)C)CC1(C)C. The third-order valence-corrected chi connectivity index (χ3v) is 9.75. The van der Waals surface area contributed by atoms with Crippen LogP contribution in [0, 0.1) is 5.41 Å². The lowest BCUT2D eigenvalue weighted by Crippen LogP contribution is -2.46. The molecule has 3 heteroatoms. The zero-order valence-corrected chi connectivity index (χ0v) is 17.0. The van der Waals surface area contributed by atoms with Crippen molar-refractivity contribution in [2.75, 3.05) is 0 Å². The minimum atomic E-state index is -1.74. The first-order chi connectivity index (χ1) is 9.76. The van der Waals surface area contributed by atoms with Crippen molar-refractivity contribution < 1.29 is 9.22 Å². The van der Waals surface area contributed by atoms with E-state index in [9.17, 15) is 4.79 Å². The van der Waals surface area contributed by atoms with Crippen LogP contribution in [0.4, 0.5) is 0 Å². The summed E-state index contributed by atoms with van der Waals surface area (Å²) in [7, 11) is -1.74. The lowest BCUT2D eigenvalue weighted by Gasteiger charge is -2.44. The van der Waals surface area contributed by atoms with Crippen molar-refractivity contribution in [3.05, 3.63) is 23.3 Å². The molecule has 0 saturated heterocycles. The van der Waals surface area contributed by atoms with Crippen LogP contribution < -0.4 is 0 Å². The Morgan fingerprint density at radius 3 is 2.27 bits per heavy atom. The van der Waals surface area contributed by atoms with E-state index in [1.165, 1.54) is 11.1 Å². The van der Waals surface area contributed by atoms with E-state index in [0.717, 1.165) is 12.8 Å². The molecule has 126 valence electrons. The second kappa shape index (κ2) is 6.44. The van der Waals surface area contributed by atoms with Gasteiger partial charge in [0, 0.05) is 6.10 Å². The summed E-state index contributed by atoms with van der Waals surface area (Å²) < 4.78 is 6.64. The molecule has 0 bridgehead atoms. The number of allylic oxidation sites excluding steroid dienone is 3. The molecule has 1 atom stereocenters. The molecule has 1 aliphatic carbocycles. The smallest absolute Gasteiger partial charge is 0.192 e. The van der Waals surface area contributed by atoms with Gasteiger partial charge in [0.2, 0.25) is 0 Å². The van der Waals surface area contributed by atoms with Crippen LogP contribution in [0.1, 0.15) is 61.3 Å². The van der Waals surface area contributed by atoms with Crippen LogP contribution in [0.2, 0.25) is 18.1 Å². The third-order valence-electron chi connectivity index (χ3n) is 5.21. The molecule has 0 heterocycles. The predicted molar refractivity (Wildman–Crippen MR) is 97.6 cm³/mol. The summed E-state index contributed by atoms with van der Waals surface area (Å²) in [5, 5.41) is 0.240. The lowest BCUT2D eigenvalue weighted by atomic mass is 9.71. The van der Waals surface area contributed by atoms with Gasteiger partial charge in [-0.25, -0.2) is 0 Å². The summed E-state index contributed by atoms with van der Waals surface area (Å²) in [4.78, 5) is 11.2. The van der Waals surface area contributed by atoms with Crippen molar-refractivity contribution in [2.24, 2.45) is 5.41 Å². The number of hydrogen-bond acceptors (Lipinski definition) is 2. The Balaban J connectivity index is 2.99. The molecule has 0 aromatic rings. The van der Waals surface area contributed by atoms with Crippen molar-refractivity contribution in [1.29, 1.82) is 0 Å². The molecule has 1 rings (SSSR count). The standard InChI is InChI=1S/C19H34O2Si/c1-14-12-16(21-22(8,9)18(3,4)5)13-19(6,7)17(14)11-10-15(2)20/h10-11,16H,12-13H2,1-9H3/b11-10+/t16-/m1/s1. The van der Waals surface area contributed by atoms with Crippen LogP contribution in [-0.4, -0.2) is 20.2 Å². The Morgan fingerprint density at radius 1 is 1.32 bits per heavy atom. The van der Waals surface area contributed by atoms with Gasteiger partial charge in [0.15, 0.2) is 14.1 Å². The first-order valence-corrected chi connectivity index (χ1v) is 11.2. The molecule has 0 unspecified atom stereocenters. The zero-order chi connectivity index (χ0) is 17.3. The third kappa shape index (κ3) is 4.66. The number of ketones is 1. The van der Waals surface area contributed by atoms with E-state index in [1.54, 1.807) is 13.0 Å². The van der Waals surface area contributed by atoms with E-state index in [0.29, 0.717) is 6.10 Å². The Kier molecular flexibility index (Phi) is 5.67. The highest BCUT2D eigenvalue weighted by atomic mass is 28.4. The summed E-state index contributed by atoms with van der Waals surface area (Å²) in [5.74, 6) is 0.107. The van der Waals surface area contributed by atoms with Gasteiger partial charge < -0.3 is 4.43 Å². The zero-order valence-electron chi connectivity index (χ0n) is 16.0. The van der Waals surface area contributed by atoms with E-state index < -0.39 is 8.32 Å². The fourth-order valence-corrected chi connectivity index (χ4v) is 4.38. The van der Waals surface area contributed by atoms with Crippen molar-refractivity contribution in [3.63, 3.8) is 0 Å². The lowest BCUT2D eigenvalue weighted by molar-refractivity contribution is -0.112. The van der Waals surface area contributed by atoms with Gasteiger partial charge >= 0.3 is 0 Å². The number of rotatable bonds is 4. The van der Waals surface area contributed by atoms with E-state index >= 15 is 0 Å². The summed E-state index contributed by atoms with van der Waals surface area (Å²) >= 11 is 0. The molecule has 0 aliphatic heterocycles. The molecule has 0 saturated carbocycles. The summed E-state index contributed by atoms with van der Waals surface area (Å²) in [6, 6.07) is 0. The largest absolute Gasteiger partial charge is 0.414 e. The molecule has 0 spiro atoms. The van der Waals surface area contributed by atoms with Crippen LogP contribution in [0.5, 0.6) is 0 Å². The minimum absolute atomic E-state index is 0.0569. The second-order valence-corrected chi connectivity index (χ2v) is 13.7. The van der Waals surface area contributed by atoms with E-state index in [2.05, 4.69) is 54.6 Å². The van der Waals surface area contributed by atoms with Crippen molar-refractivity contribution >= 4 is 14.1 Å². The summed E-state index contributed by atoms with van der Waals surface area (Å²) in [6.45, 7) is 19.8. The van der Waals surface area contributed by atoms with Crippen LogP contribution in [0.15, 0.2) is 23.3 Å². The first kappa shape index (κ1) is 19.4. The average molecular weight is 323 g/mol. The van der Waals surface area contributed by atoms with Crippen LogP contribution in [-0.2, 0) is 9.22 Å². The normalized spacial score (nSPS) is 23.2. The molecule has 22 heavy (non-hydrogen) atoms. The van der Waals surface area contributed by atoms with Gasteiger partial charge in [-0.05, 0) is 61.9 Å². The highest BCUT2D eigenvalue weighted by Crippen LogP contribution is 2.45. The topological polar surface area (TPSA) is 26.3 Å². The molecular formula is C19H34O2Si. The maximum Gasteiger partial charge on any atom is 0.192 e. The quantitative estimate of drug-likeness (QED) is 0.493.